The van der Waals surface area contributed by atoms with Gasteiger partial charge in [-0.2, -0.15) is 0 Å². The summed E-state index contributed by atoms with van der Waals surface area (Å²) >= 11 is 0. The Morgan fingerprint density at radius 2 is 1.75 bits per heavy atom. The summed E-state index contributed by atoms with van der Waals surface area (Å²) in [5.41, 5.74) is 1.84. The fourth-order valence-corrected chi connectivity index (χ4v) is 2.07. The highest BCUT2D eigenvalue weighted by Crippen LogP contribution is 2.18. The third-order valence-electron chi connectivity index (χ3n) is 3.08. The predicted molar refractivity (Wildman–Crippen MR) is 93.4 cm³/mol. The molecule has 1 aromatic heterocycles. The molecule has 1 heterocycles. The molecule has 2 rings (SSSR count). The van der Waals surface area contributed by atoms with Gasteiger partial charge in [-0.05, 0) is 37.6 Å². The van der Waals surface area contributed by atoms with Crippen molar-refractivity contribution in [3.63, 3.8) is 0 Å². The molecule has 1 aromatic carbocycles. The number of anilines is 3. The fraction of sp³-hybridized carbons (Fsp3) is 0.294. The lowest BCUT2D eigenvalue weighted by Crippen LogP contribution is -2.25. The van der Waals surface area contributed by atoms with Gasteiger partial charge in [0.05, 0.1) is 0 Å². The van der Waals surface area contributed by atoms with E-state index in [1.807, 2.05) is 19.1 Å². The average Bonchev–Trinajstić information content (AvgIpc) is 2.53. The minimum atomic E-state index is -0.216. The predicted octanol–water partition coefficient (Wildman–Crippen LogP) is 2.63. The Morgan fingerprint density at radius 1 is 1.08 bits per heavy atom. The first kappa shape index (κ1) is 17.4. The standard InChI is InChI=1S/C17H21N5O2/c1-4-9-18-17(24)15-10-16(20-11(2)19-15)22-14-7-5-13(6-8-14)21-12(3)23/h5-8,10H,4,9H2,1-3H3,(H,18,24)(H,21,23)(H,19,20,22). The number of rotatable bonds is 6. The normalized spacial score (nSPS) is 10.1. The number of hydrogen-bond acceptors (Lipinski definition) is 5. The molecule has 2 aromatic rings. The maximum absolute atomic E-state index is 12.0. The van der Waals surface area contributed by atoms with Crippen molar-refractivity contribution in [1.29, 1.82) is 0 Å². The molecule has 0 bridgehead atoms. The van der Waals surface area contributed by atoms with Crippen LogP contribution in [-0.2, 0) is 4.79 Å². The molecule has 2 amide bonds. The SMILES string of the molecule is CCCNC(=O)c1cc(Nc2ccc(NC(C)=O)cc2)nc(C)n1. The van der Waals surface area contributed by atoms with Gasteiger partial charge in [0.25, 0.3) is 5.91 Å². The van der Waals surface area contributed by atoms with Crippen LogP contribution in [-0.4, -0.2) is 28.3 Å². The number of carbonyl (C=O) groups is 2. The van der Waals surface area contributed by atoms with E-state index in [1.54, 1.807) is 25.1 Å². The van der Waals surface area contributed by atoms with E-state index in [9.17, 15) is 9.59 Å². The number of hydrogen-bond donors (Lipinski definition) is 3. The summed E-state index contributed by atoms with van der Waals surface area (Å²) in [6, 6.07) is 8.82. The Morgan fingerprint density at radius 3 is 2.38 bits per heavy atom. The van der Waals surface area contributed by atoms with Crippen molar-refractivity contribution in [3.05, 3.63) is 41.9 Å². The molecule has 7 heteroatoms. The topological polar surface area (TPSA) is 96.0 Å². The second-order valence-corrected chi connectivity index (χ2v) is 5.33. The van der Waals surface area contributed by atoms with Crippen molar-refractivity contribution in [2.24, 2.45) is 0 Å². The maximum Gasteiger partial charge on any atom is 0.270 e. The Balaban J connectivity index is 2.13. The zero-order chi connectivity index (χ0) is 17.5. The highest BCUT2D eigenvalue weighted by atomic mass is 16.2. The molecule has 0 radical (unpaired) electrons. The summed E-state index contributed by atoms with van der Waals surface area (Å²) in [6.07, 6.45) is 0.863. The van der Waals surface area contributed by atoms with Crippen LogP contribution >= 0.6 is 0 Å². The van der Waals surface area contributed by atoms with Gasteiger partial charge >= 0.3 is 0 Å². The van der Waals surface area contributed by atoms with E-state index in [2.05, 4.69) is 25.9 Å². The lowest BCUT2D eigenvalue weighted by molar-refractivity contribution is -0.114. The Kier molecular flexibility index (Phi) is 5.83. The fourth-order valence-electron chi connectivity index (χ4n) is 2.07. The molecule has 0 fully saturated rings. The second-order valence-electron chi connectivity index (χ2n) is 5.33. The summed E-state index contributed by atoms with van der Waals surface area (Å²) in [6.45, 7) is 5.79. The first-order chi connectivity index (χ1) is 11.5. The summed E-state index contributed by atoms with van der Waals surface area (Å²) in [5, 5.41) is 8.63. The van der Waals surface area contributed by atoms with E-state index in [0.29, 0.717) is 29.6 Å². The molecule has 0 saturated heterocycles. The minimum Gasteiger partial charge on any atom is -0.351 e. The quantitative estimate of drug-likeness (QED) is 0.758. The molecular weight excluding hydrogens is 306 g/mol. The van der Waals surface area contributed by atoms with Crippen LogP contribution in [0.25, 0.3) is 0 Å². The lowest BCUT2D eigenvalue weighted by atomic mass is 10.2. The third kappa shape index (κ3) is 5.05. The van der Waals surface area contributed by atoms with Crippen LogP contribution in [0.15, 0.2) is 30.3 Å². The molecule has 126 valence electrons. The van der Waals surface area contributed by atoms with Crippen LogP contribution in [0, 0.1) is 6.92 Å². The van der Waals surface area contributed by atoms with Crippen molar-refractivity contribution >= 4 is 29.0 Å². The van der Waals surface area contributed by atoms with Crippen LogP contribution in [0.4, 0.5) is 17.2 Å². The smallest absolute Gasteiger partial charge is 0.270 e. The Hall–Kier alpha value is -2.96. The van der Waals surface area contributed by atoms with Gasteiger partial charge < -0.3 is 16.0 Å². The monoisotopic (exact) mass is 327 g/mol. The van der Waals surface area contributed by atoms with Crippen LogP contribution in [0.2, 0.25) is 0 Å². The van der Waals surface area contributed by atoms with Crippen molar-refractivity contribution < 1.29 is 9.59 Å². The summed E-state index contributed by atoms with van der Waals surface area (Å²) in [4.78, 5) is 31.5. The molecule has 0 aliphatic carbocycles. The van der Waals surface area contributed by atoms with Gasteiger partial charge in [0, 0.05) is 30.9 Å². The zero-order valence-electron chi connectivity index (χ0n) is 14.0. The number of carbonyl (C=O) groups excluding carboxylic acids is 2. The highest BCUT2D eigenvalue weighted by molar-refractivity contribution is 5.93. The molecule has 0 unspecified atom stereocenters. The van der Waals surface area contributed by atoms with Crippen molar-refractivity contribution in [1.82, 2.24) is 15.3 Å². The van der Waals surface area contributed by atoms with Gasteiger partial charge in [0.2, 0.25) is 5.91 Å². The molecule has 0 aliphatic heterocycles. The molecule has 0 saturated carbocycles. The van der Waals surface area contributed by atoms with E-state index >= 15 is 0 Å². The van der Waals surface area contributed by atoms with Crippen LogP contribution in [0.1, 0.15) is 36.6 Å². The van der Waals surface area contributed by atoms with Crippen LogP contribution < -0.4 is 16.0 Å². The summed E-state index contributed by atoms with van der Waals surface area (Å²) in [5.74, 6) is 0.712. The number of aromatic nitrogens is 2. The van der Waals surface area contributed by atoms with Gasteiger partial charge in [0.15, 0.2) is 0 Å². The van der Waals surface area contributed by atoms with Crippen molar-refractivity contribution in [2.75, 3.05) is 17.2 Å². The molecule has 24 heavy (non-hydrogen) atoms. The molecule has 3 N–H and O–H groups in total. The molecule has 7 nitrogen and oxygen atoms in total. The Bertz CT molecular complexity index is 728. The van der Waals surface area contributed by atoms with Crippen LogP contribution in [0.3, 0.4) is 0 Å². The van der Waals surface area contributed by atoms with E-state index in [4.69, 9.17) is 0 Å². The third-order valence-corrected chi connectivity index (χ3v) is 3.08. The van der Waals surface area contributed by atoms with Crippen LogP contribution in [0.5, 0.6) is 0 Å². The van der Waals surface area contributed by atoms with Gasteiger partial charge in [-0.1, -0.05) is 6.92 Å². The Labute approximate surface area is 140 Å². The molecule has 0 atom stereocenters. The minimum absolute atomic E-state index is 0.120. The van der Waals surface area contributed by atoms with E-state index in [0.717, 1.165) is 12.1 Å². The first-order valence-corrected chi connectivity index (χ1v) is 7.76. The zero-order valence-corrected chi connectivity index (χ0v) is 14.0. The van der Waals surface area contributed by atoms with Gasteiger partial charge in [-0.25, -0.2) is 9.97 Å². The lowest BCUT2D eigenvalue weighted by Gasteiger charge is -2.10. The van der Waals surface area contributed by atoms with E-state index in [1.165, 1.54) is 6.92 Å². The van der Waals surface area contributed by atoms with Gasteiger partial charge in [-0.3, -0.25) is 9.59 Å². The molecule has 0 aliphatic rings. The number of nitrogens with one attached hydrogen (secondary N) is 3. The number of benzene rings is 1. The van der Waals surface area contributed by atoms with Gasteiger partial charge in [-0.15, -0.1) is 0 Å². The largest absolute Gasteiger partial charge is 0.351 e. The average molecular weight is 327 g/mol. The molecule has 0 spiro atoms. The van der Waals surface area contributed by atoms with Crippen molar-refractivity contribution in [3.8, 4) is 0 Å². The second kappa shape index (κ2) is 8.05. The highest BCUT2D eigenvalue weighted by Gasteiger charge is 2.10. The molecular formula is C17H21N5O2. The summed E-state index contributed by atoms with van der Waals surface area (Å²) < 4.78 is 0. The summed E-state index contributed by atoms with van der Waals surface area (Å²) in [7, 11) is 0. The van der Waals surface area contributed by atoms with E-state index < -0.39 is 0 Å². The maximum atomic E-state index is 12.0. The number of nitrogens with zero attached hydrogens (tertiary/aromatic N) is 2. The van der Waals surface area contributed by atoms with Gasteiger partial charge in [0.1, 0.15) is 17.3 Å². The van der Waals surface area contributed by atoms with Crippen molar-refractivity contribution in [2.45, 2.75) is 27.2 Å². The van der Waals surface area contributed by atoms with E-state index in [-0.39, 0.29) is 11.8 Å². The first-order valence-electron chi connectivity index (χ1n) is 7.76. The number of amides is 2. The number of aryl methyl sites for hydroxylation is 1.